The van der Waals surface area contributed by atoms with E-state index >= 15 is 0 Å². The lowest BCUT2D eigenvalue weighted by molar-refractivity contribution is -0.761. The van der Waals surface area contributed by atoms with Crippen LogP contribution in [0.4, 0.5) is 11.4 Å². The van der Waals surface area contributed by atoms with E-state index in [1.165, 1.54) is 36.2 Å². The number of esters is 1. The molecule has 0 aliphatic carbocycles. The molecule has 0 bridgehead atoms. The van der Waals surface area contributed by atoms with Crippen molar-refractivity contribution in [1.82, 2.24) is 0 Å². The highest BCUT2D eigenvalue weighted by Crippen LogP contribution is 2.58. The molecule has 0 aromatic carbocycles. The van der Waals surface area contributed by atoms with Gasteiger partial charge in [-0.15, -0.1) is 29.6 Å². The summed E-state index contributed by atoms with van der Waals surface area (Å²) in [6.45, 7) is 16.0. The lowest BCUT2D eigenvalue weighted by Crippen LogP contribution is -2.28. The second-order valence-corrected chi connectivity index (χ2v) is 14.6. The predicted octanol–water partition coefficient (Wildman–Crippen LogP) is 4.79. The number of carbonyl (C=O) groups is 5. The molecule has 2 aromatic rings. The van der Waals surface area contributed by atoms with Crippen LogP contribution in [0.3, 0.4) is 0 Å². The number of aliphatic hydroxyl groups is 1. The molecule has 0 unspecified atom stereocenters. The number of ether oxygens (including phenoxy) is 1. The van der Waals surface area contributed by atoms with Gasteiger partial charge in [-0.25, -0.2) is 4.79 Å². The molecule has 0 saturated carbocycles. The maximum atomic E-state index is 13.0. The lowest BCUT2D eigenvalue weighted by Gasteiger charge is -2.24. The van der Waals surface area contributed by atoms with Gasteiger partial charge in [0.2, 0.25) is 0 Å². The summed E-state index contributed by atoms with van der Waals surface area (Å²) in [5, 5.41) is 18.3. The van der Waals surface area contributed by atoms with Gasteiger partial charge in [0.05, 0.1) is 35.2 Å². The van der Waals surface area contributed by atoms with E-state index in [9.17, 15) is 19.2 Å². The van der Waals surface area contributed by atoms with Crippen molar-refractivity contribution in [3.8, 4) is 0 Å². The van der Waals surface area contributed by atoms with Crippen molar-refractivity contribution in [2.24, 2.45) is 0 Å². The van der Waals surface area contributed by atoms with Gasteiger partial charge in [0.1, 0.15) is 24.0 Å². The topological polar surface area (TPSA) is 154 Å². The van der Waals surface area contributed by atoms with Crippen LogP contribution in [-0.4, -0.2) is 66.5 Å². The molecule has 218 valence electrons. The Hall–Kier alpha value is -2.50. The molecule has 3 N–H and O–H groups in total. The Morgan fingerprint density at radius 3 is 1.72 bits per heavy atom. The number of aryl methyl sites for hydroxylation is 2. The van der Waals surface area contributed by atoms with E-state index in [2.05, 4.69) is 15.5 Å². The maximum absolute atomic E-state index is 13.0. The molecule has 2 amide bonds. The van der Waals surface area contributed by atoms with Gasteiger partial charge in [-0.3, -0.25) is 14.4 Å². The van der Waals surface area contributed by atoms with Crippen molar-refractivity contribution in [3.63, 3.8) is 0 Å². The van der Waals surface area contributed by atoms with Gasteiger partial charge in [-0.05, 0) is 63.1 Å². The first kappa shape index (κ1) is 36.5. The van der Waals surface area contributed by atoms with Crippen molar-refractivity contribution < 1.29 is 38.9 Å². The van der Waals surface area contributed by atoms with Crippen molar-refractivity contribution in [3.05, 3.63) is 38.2 Å². The molecule has 0 saturated heterocycles. The average molecular weight is 603 g/mol. The van der Waals surface area contributed by atoms with E-state index in [1.54, 1.807) is 13.8 Å². The third-order valence-electron chi connectivity index (χ3n) is 5.66. The molecule has 0 spiro atoms. The second kappa shape index (κ2) is 18.7. The number of thiophene rings is 2. The molecular formula is C26H39N2O8PS2. The Labute approximate surface area is 238 Å². The molecule has 10 nitrogen and oxygen atoms in total. The fraction of sp³-hybridized carbons (Fsp3) is 0.462. The van der Waals surface area contributed by atoms with Gasteiger partial charge < -0.3 is 30.3 Å². The van der Waals surface area contributed by atoms with Crippen molar-refractivity contribution in [2.75, 3.05) is 41.9 Å². The number of amides is 2. The first-order chi connectivity index (χ1) is 18.5. The number of ketones is 1. The van der Waals surface area contributed by atoms with Gasteiger partial charge in [-0.2, -0.15) is 0 Å². The highest BCUT2D eigenvalue weighted by molar-refractivity contribution is 7.77. The number of hydrogen-bond donors (Lipinski definition) is 2. The highest BCUT2D eigenvalue weighted by atomic mass is 32.1. The van der Waals surface area contributed by atoms with Gasteiger partial charge >= 0.3 is 5.97 Å². The van der Waals surface area contributed by atoms with E-state index in [0.29, 0.717) is 21.1 Å². The molecule has 2 rings (SSSR count). The van der Waals surface area contributed by atoms with Crippen LogP contribution in [0.2, 0.25) is 0 Å². The monoisotopic (exact) mass is 602 g/mol. The fourth-order valence-electron chi connectivity index (χ4n) is 3.50. The molecule has 0 fully saturated rings. The molecule has 0 atom stereocenters. The van der Waals surface area contributed by atoms with Crippen LogP contribution in [0.1, 0.15) is 65.1 Å². The van der Waals surface area contributed by atoms with Gasteiger partial charge in [0, 0.05) is 14.2 Å². The van der Waals surface area contributed by atoms with E-state index in [0.717, 1.165) is 23.5 Å². The largest absolute Gasteiger partial charge is 0.588 e. The quantitative estimate of drug-likeness (QED) is 0.0673. The summed E-state index contributed by atoms with van der Waals surface area (Å²) in [4.78, 5) is 61.4. The lowest BCUT2D eigenvalue weighted by atomic mass is 10.2. The minimum Gasteiger partial charge on any atom is -0.588 e. The molecule has 0 radical (unpaired) electrons. The number of nitrogens with one attached hydrogen (secondary N) is 2. The maximum Gasteiger partial charge on any atom is 0.350 e. The Morgan fingerprint density at radius 1 is 0.949 bits per heavy atom. The number of Topliss-reactive ketones (excluding diaryl/α,β-unsaturated/α-hetero) is 1. The number of hydrogen-bond acceptors (Lipinski definition) is 9. The summed E-state index contributed by atoms with van der Waals surface area (Å²) in [6, 6.07) is 0. The zero-order chi connectivity index (χ0) is 30.2. The summed E-state index contributed by atoms with van der Waals surface area (Å²) in [5.41, 5.74) is 2.71. The van der Waals surface area contributed by atoms with Gasteiger partial charge in [0.15, 0.2) is 5.78 Å². The van der Waals surface area contributed by atoms with Crippen molar-refractivity contribution >= 4 is 71.7 Å². The minimum atomic E-state index is -1.95. The van der Waals surface area contributed by atoms with Gasteiger partial charge in [0.25, 0.3) is 11.8 Å². The zero-order valence-electron chi connectivity index (χ0n) is 23.5. The van der Waals surface area contributed by atoms with Crippen LogP contribution in [-0.2, 0) is 19.1 Å². The number of anilines is 2. The first-order valence-corrected chi connectivity index (χ1v) is 16.5. The van der Waals surface area contributed by atoms with Crippen molar-refractivity contribution in [1.29, 1.82) is 0 Å². The van der Waals surface area contributed by atoms with Crippen LogP contribution in [0.25, 0.3) is 0 Å². The fourth-order valence-corrected chi connectivity index (χ4v) is 8.13. The molecular weight excluding hydrogens is 563 g/mol. The standard InChI is InChI=1S/C23H31N2O5PS2.C2H5O2.CH2O/c1-7-30-23(29)22-20(15(5)13-33-22)25-18(28)11-31(8-2,9-3)10-17(27)24-19-14(4)12-32-21(19)16(6)26;1-2-4-3;1-2/h12-13H,7-11H2,1-6H3,(H-,24,25,26,27,28,29);2,4H,1H3;1H2/q;-1;/p+1. The molecule has 0 aliphatic heterocycles. The summed E-state index contributed by atoms with van der Waals surface area (Å²) >= 11 is 2.56. The van der Waals surface area contributed by atoms with E-state index < -0.39 is 13.2 Å². The molecule has 39 heavy (non-hydrogen) atoms. The normalized spacial score (nSPS) is 10.4. The van der Waals surface area contributed by atoms with Crippen LogP contribution in [0, 0.1) is 20.5 Å². The molecule has 2 aromatic heterocycles. The predicted molar refractivity (Wildman–Crippen MR) is 159 cm³/mol. The second-order valence-electron chi connectivity index (χ2n) is 8.27. The highest BCUT2D eigenvalue weighted by Gasteiger charge is 2.39. The summed E-state index contributed by atoms with van der Waals surface area (Å²) in [5.74, 6) is -0.922. The first-order valence-electron chi connectivity index (χ1n) is 12.2. The SMILES string of the molecule is C=O.CCOC(=O)c1scc(C)c1NC(=O)C[P+](CC)(CC)CC(=O)Nc1c(C)csc1C(C)=O.C[CH-][OH+][O-]. The van der Waals surface area contributed by atoms with E-state index in [-0.39, 0.29) is 36.5 Å². The third-order valence-corrected chi connectivity index (χ3v) is 12.5. The minimum absolute atomic E-state index is 0.0849. The number of rotatable bonds is 12. The van der Waals surface area contributed by atoms with Crippen molar-refractivity contribution in [2.45, 2.75) is 48.5 Å². The smallest absolute Gasteiger partial charge is 0.350 e. The van der Waals surface area contributed by atoms with Crippen LogP contribution >= 0.6 is 29.9 Å². The molecule has 13 heteroatoms. The third kappa shape index (κ3) is 11.3. The van der Waals surface area contributed by atoms with Crippen LogP contribution in [0.5, 0.6) is 0 Å². The Morgan fingerprint density at radius 2 is 1.36 bits per heavy atom. The summed E-state index contributed by atoms with van der Waals surface area (Å²) in [7, 11) is -1.95. The summed E-state index contributed by atoms with van der Waals surface area (Å²) in [6.07, 6.45) is 1.97. The Bertz CT molecular complexity index is 1090. The van der Waals surface area contributed by atoms with E-state index in [4.69, 9.17) is 14.8 Å². The molecule has 2 heterocycles. The molecule has 0 aliphatic rings. The Balaban J connectivity index is 0.00000220. The van der Waals surface area contributed by atoms with Crippen LogP contribution in [0.15, 0.2) is 10.8 Å². The number of carbonyl (C=O) groups excluding carboxylic acids is 5. The summed E-state index contributed by atoms with van der Waals surface area (Å²) < 4.78 is 5.10. The van der Waals surface area contributed by atoms with E-state index in [1.807, 2.05) is 45.2 Å². The average Bonchev–Trinajstić information content (AvgIpc) is 3.46. The zero-order valence-corrected chi connectivity index (χ0v) is 26.1. The Kier molecular flexibility index (Phi) is 17.5. The van der Waals surface area contributed by atoms with Gasteiger partial charge in [-0.1, -0.05) is 0 Å². The van der Waals surface area contributed by atoms with Crippen LogP contribution < -0.4 is 15.9 Å².